The van der Waals surface area contributed by atoms with Gasteiger partial charge < -0.3 is 15.7 Å². The fourth-order valence-electron chi connectivity index (χ4n) is 3.07. The highest BCUT2D eigenvalue weighted by molar-refractivity contribution is 5.86. The summed E-state index contributed by atoms with van der Waals surface area (Å²) in [5.41, 5.74) is 2.10. The maximum absolute atomic E-state index is 12.4. The standard InChI is InChI=1S/C17H26N2O2/c1-3-12(4-2)16(20)11-19-17(21)14-9-10-18-15-8-6-5-7-13(14)15/h5-8,12,14,16,18,20H,3-4,9-11H2,1-2H3,(H,19,21). The van der Waals surface area contributed by atoms with Gasteiger partial charge in [-0.25, -0.2) is 0 Å². The van der Waals surface area contributed by atoms with Crippen molar-refractivity contribution in [1.82, 2.24) is 5.32 Å². The summed E-state index contributed by atoms with van der Waals surface area (Å²) in [4.78, 5) is 12.4. The van der Waals surface area contributed by atoms with Gasteiger partial charge in [-0.1, -0.05) is 44.9 Å². The fourth-order valence-corrected chi connectivity index (χ4v) is 3.07. The average molecular weight is 290 g/mol. The van der Waals surface area contributed by atoms with Crippen LogP contribution in [0, 0.1) is 5.92 Å². The number of carbonyl (C=O) groups is 1. The second-order valence-electron chi connectivity index (χ2n) is 5.74. The van der Waals surface area contributed by atoms with Crippen molar-refractivity contribution in [1.29, 1.82) is 0 Å². The zero-order chi connectivity index (χ0) is 15.2. The fraction of sp³-hybridized carbons (Fsp3) is 0.588. The first kappa shape index (κ1) is 15.8. The van der Waals surface area contributed by atoms with E-state index in [1.807, 2.05) is 24.3 Å². The summed E-state index contributed by atoms with van der Waals surface area (Å²) in [6, 6.07) is 7.95. The summed E-state index contributed by atoms with van der Waals surface area (Å²) in [6.45, 7) is 5.30. The van der Waals surface area contributed by atoms with Gasteiger partial charge >= 0.3 is 0 Å². The molecule has 1 aliphatic heterocycles. The average Bonchev–Trinajstić information content (AvgIpc) is 2.53. The molecule has 2 atom stereocenters. The van der Waals surface area contributed by atoms with Crippen molar-refractivity contribution < 1.29 is 9.90 Å². The molecule has 0 bridgehead atoms. The number of hydrogen-bond acceptors (Lipinski definition) is 3. The molecule has 0 aliphatic carbocycles. The normalized spacial score (nSPS) is 18.8. The molecular weight excluding hydrogens is 264 g/mol. The van der Waals surface area contributed by atoms with Gasteiger partial charge in [0.05, 0.1) is 12.0 Å². The van der Waals surface area contributed by atoms with Crippen molar-refractivity contribution in [3.05, 3.63) is 29.8 Å². The smallest absolute Gasteiger partial charge is 0.227 e. The number of nitrogens with one attached hydrogen (secondary N) is 2. The van der Waals surface area contributed by atoms with E-state index in [0.29, 0.717) is 6.54 Å². The molecular formula is C17H26N2O2. The SMILES string of the molecule is CCC(CC)C(O)CNC(=O)C1CCNc2ccccc21. The number of para-hydroxylation sites is 1. The third kappa shape index (κ3) is 3.76. The summed E-state index contributed by atoms with van der Waals surface area (Å²) in [5, 5.41) is 16.4. The first-order valence-electron chi connectivity index (χ1n) is 7.95. The van der Waals surface area contributed by atoms with Crippen LogP contribution in [0.25, 0.3) is 0 Å². The van der Waals surface area contributed by atoms with Crippen LogP contribution in [0.3, 0.4) is 0 Å². The monoisotopic (exact) mass is 290 g/mol. The number of rotatable bonds is 6. The molecule has 2 unspecified atom stereocenters. The molecule has 4 nitrogen and oxygen atoms in total. The minimum atomic E-state index is -0.457. The van der Waals surface area contributed by atoms with E-state index in [2.05, 4.69) is 24.5 Å². The van der Waals surface area contributed by atoms with Gasteiger partial charge in [0, 0.05) is 18.8 Å². The Morgan fingerprint density at radius 3 is 2.81 bits per heavy atom. The number of aliphatic hydroxyl groups is 1. The number of amides is 1. The number of anilines is 1. The van der Waals surface area contributed by atoms with Gasteiger partial charge in [-0.3, -0.25) is 4.79 Å². The van der Waals surface area contributed by atoms with Gasteiger partial charge in [0.1, 0.15) is 0 Å². The molecule has 2 rings (SSSR count). The van der Waals surface area contributed by atoms with Crippen LogP contribution in [0.1, 0.15) is 44.6 Å². The molecule has 1 amide bonds. The number of fused-ring (bicyclic) bond motifs is 1. The van der Waals surface area contributed by atoms with Crippen LogP contribution < -0.4 is 10.6 Å². The van der Waals surface area contributed by atoms with E-state index in [1.165, 1.54) is 0 Å². The van der Waals surface area contributed by atoms with Crippen molar-refractivity contribution in [2.45, 2.75) is 45.1 Å². The van der Waals surface area contributed by atoms with Crippen molar-refractivity contribution in [2.24, 2.45) is 5.92 Å². The number of aliphatic hydroxyl groups excluding tert-OH is 1. The van der Waals surface area contributed by atoms with Crippen molar-refractivity contribution in [3.63, 3.8) is 0 Å². The van der Waals surface area contributed by atoms with E-state index >= 15 is 0 Å². The highest BCUT2D eigenvalue weighted by atomic mass is 16.3. The Morgan fingerprint density at radius 1 is 1.38 bits per heavy atom. The lowest BCUT2D eigenvalue weighted by molar-refractivity contribution is -0.123. The summed E-state index contributed by atoms with van der Waals surface area (Å²) in [6.07, 6.45) is 2.21. The largest absolute Gasteiger partial charge is 0.391 e. The van der Waals surface area contributed by atoms with Gasteiger partial charge in [0.25, 0.3) is 0 Å². The van der Waals surface area contributed by atoms with Crippen LogP contribution in [-0.4, -0.2) is 30.2 Å². The minimum Gasteiger partial charge on any atom is -0.391 e. The van der Waals surface area contributed by atoms with E-state index in [1.54, 1.807) is 0 Å². The molecule has 1 aliphatic rings. The Labute approximate surface area is 126 Å². The van der Waals surface area contributed by atoms with E-state index in [9.17, 15) is 9.90 Å². The van der Waals surface area contributed by atoms with Crippen LogP contribution in [-0.2, 0) is 4.79 Å². The second kappa shape index (κ2) is 7.46. The van der Waals surface area contributed by atoms with E-state index in [-0.39, 0.29) is 17.7 Å². The molecule has 116 valence electrons. The van der Waals surface area contributed by atoms with Crippen LogP contribution in [0.4, 0.5) is 5.69 Å². The molecule has 0 spiro atoms. The van der Waals surface area contributed by atoms with Crippen molar-refractivity contribution in [2.75, 3.05) is 18.4 Å². The van der Waals surface area contributed by atoms with Gasteiger partial charge in [-0.05, 0) is 24.0 Å². The number of benzene rings is 1. The summed E-state index contributed by atoms with van der Waals surface area (Å²) < 4.78 is 0. The molecule has 1 aromatic carbocycles. The van der Waals surface area contributed by atoms with E-state index < -0.39 is 6.10 Å². The lowest BCUT2D eigenvalue weighted by Crippen LogP contribution is -2.39. The molecule has 0 radical (unpaired) electrons. The Morgan fingerprint density at radius 2 is 2.10 bits per heavy atom. The minimum absolute atomic E-state index is 0.0222. The Bertz CT molecular complexity index is 472. The molecule has 4 heteroatoms. The third-order valence-corrected chi connectivity index (χ3v) is 4.48. The highest BCUT2D eigenvalue weighted by Crippen LogP contribution is 2.31. The number of carbonyl (C=O) groups excluding carboxylic acids is 1. The molecule has 0 aromatic heterocycles. The predicted molar refractivity (Wildman–Crippen MR) is 85.4 cm³/mol. The summed E-state index contributed by atoms with van der Waals surface area (Å²) >= 11 is 0. The van der Waals surface area contributed by atoms with Crippen LogP contribution in [0.15, 0.2) is 24.3 Å². The molecule has 0 saturated heterocycles. The maximum atomic E-state index is 12.4. The zero-order valence-corrected chi connectivity index (χ0v) is 12.9. The van der Waals surface area contributed by atoms with E-state index in [4.69, 9.17) is 0 Å². The lowest BCUT2D eigenvalue weighted by atomic mass is 9.90. The Balaban J connectivity index is 1.96. The summed E-state index contributed by atoms with van der Waals surface area (Å²) in [5.74, 6) is 0.163. The first-order chi connectivity index (χ1) is 10.2. The summed E-state index contributed by atoms with van der Waals surface area (Å²) in [7, 11) is 0. The molecule has 0 fully saturated rings. The van der Waals surface area contributed by atoms with Crippen molar-refractivity contribution >= 4 is 11.6 Å². The van der Waals surface area contributed by atoms with Gasteiger partial charge in [-0.2, -0.15) is 0 Å². The Kier molecular flexibility index (Phi) is 5.62. The van der Waals surface area contributed by atoms with Gasteiger partial charge in [-0.15, -0.1) is 0 Å². The van der Waals surface area contributed by atoms with Crippen LogP contribution in [0.2, 0.25) is 0 Å². The third-order valence-electron chi connectivity index (χ3n) is 4.48. The van der Waals surface area contributed by atoms with Crippen molar-refractivity contribution in [3.8, 4) is 0 Å². The highest BCUT2D eigenvalue weighted by Gasteiger charge is 2.26. The van der Waals surface area contributed by atoms with Gasteiger partial charge in [0.2, 0.25) is 5.91 Å². The number of hydrogen-bond donors (Lipinski definition) is 3. The zero-order valence-electron chi connectivity index (χ0n) is 12.9. The van der Waals surface area contributed by atoms with Crippen LogP contribution >= 0.6 is 0 Å². The molecule has 21 heavy (non-hydrogen) atoms. The lowest BCUT2D eigenvalue weighted by Gasteiger charge is -2.27. The second-order valence-corrected chi connectivity index (χ2v) is 5.74. The Hall–Kier alpha value is -1.55. The predicted octanol–water partition coefficient (Wildman–Crippen LogP) is 2.50. The van der Waals surface area contributed by atoms with Gasteiger partial charge in [0.15, 0.2) is 0 Å². The van der Waals surface area contributed by atoms with Crippen LogP contribution in [0.5, 0.6) is 0 Å². The molecule has 1 aromatic rings. The quantitative estimate of drug-likeness (QED) is 0.754. The molecule has 0 saturated carbocycles. The van der Waals surface area contributed by atoms with E-state index in [0.717, 1.165) is 37.1 Å². The first-order valence-corrected chi connectivity index (χ1v) is 7.95. The molecule has 3 N–H and O–H groups in total. The topological polar surface area (TPSA) is 61.4 Å². The molecule has 1 heterocycles. The maximum Gasteiger partial charge on any atom is 0.227 e.